The number of aromatic hydroxyl groups is 1. The SMILES string of the molecule is NC(Cc1ccc(O)cc1)C(=O)NCCCC=O. The van der Waals surface area contributed by atoms with E-state index >= 15 is 0 Å². The summed E-state index contributed by atoms with van der Waals surface area (Å²) in [6.45, 7) is 0.459. The van der Waals surface area contributed by atoms with Gasteiger partial charge in [-0.3, -0.25) is 4.79 Å². The van der Waals surface area contributed by atoms with Crippen molar-refractivity contribution in [3.8, 4) is 5.75 Å². The first kappa shape index (κ1) is 14.2. The second-order valence-corrected chi connectivity index (χ2v) is 4.08. The van der Waals surface area contributed by atoms with Crippen LogP contribution in [0.1, 0.15) is 18.4 Å². The van der Waals surface area contributed by atoms with E-state index in [2.05, 4.69) is 5.32 Å². The number of carbonyl (C=O) groups is 2. The standard InChI is InChI=1S/C13H18N2O3/c14-12(13(18)15-7-1-2-8-16)9-10-3-5-11(17)6-4-10/h3-6,8,12,17H,1-2,7,9,14H2,(H,15,18). The Balaban J connectivity index is 2.35. The molecule has 1 unspecified atom stereocenters. The summed E-state index contributed by atoms with van der Waals surface area (Å²) >= 11 is 0. The maximum Gasteiger partial charge on any atom is 0.237 e. The van der Waals surface area contributed by atoms with Gasteiger partial charge in [-0.05, 0) is 30.5 Å². The number of amides is 1. The Labute approximate surface area is 106 Å². The number of rotatable bonds is 7. The first-order chi connectivity index (χ1) is 8.63. The van der Waals surface area contributed by atoms with Crippen molar-refractivity contribution >= 4 is 12.2 Å². The number of nitrogens with two attached hydrogens (primary N) is 1. The molecule has 0 aliphatic rings. The molecule has 1 aromatic carbocycles. The smallest absolute Gasteiger partial charge is 0.237 e. The third-order valence-corrected chi connectivity index (χ3v) is 2.53. The second-order valence-electron chi connectivity index (χ2n) is 4.08. The molecule has 1 aromatic rings. The highest BCUT2D eigenvalue weighted by Gasteiger charge is 2.13. The Hall–Kier alpha value is -1.88. The first-order valence-corrected chi connectivity index (χ1v) is 5.88. The zero-order chi connectivity index (χ0) is 13.4. The summed E-state index contributed by atoms with van der Waals surface area (Å²) in [6, 6.07) is 5.96. The van der Waals surface area contributed by atoms with Crippen LogP contribution < -0.4 is 11.1 Å². The lowest BCUT2D eigenvalue weighted by atomic mass is 10.1. The molecule has 5 nitrogen and oxygen atoms in total. The van der Waals surface area contributed by atoms with Gasteiger partial charge in [0, 0.05) is 13.0 Å². The predicted molar refractivity (Wildman–Crippen MR) is 68.1 cm³/mol. The van der Waals surface area contributed by atoms with Crippen LogP contribution in [-0.4, -0.2) is 29.9 Å². The number of aldehydes is 1. The second kappa shape index (κ2) is 7.45. The third kappa shape index (κ3) is 4.97. The monoisotopic (exact) mass is 250 g/mol. The van der Waals surface area contributed by atoms with Gasteiger partial charge in [-0.2, -0.15) is 0 Å². The molecule has 0 bridgehead atoms. The molecule has 4 N–H and O–H groups in total. The number of carbonyl (C=O) groups excluding carboxylic acids is 2. The van der Waals surface area contributed by atoms with Crippen molar-refractivity contribution in [3.05, 3.63) is 29.8 Å². The number of hydrogen-bond donors (Lipinski definition) is 3. The molecular formula is C13H18N2O3. The van der Waals surface area contributed by atoms with Gasteiger partial charge >= 0.3 is 0 Å². The summed E-state index contributed by atoms with van der Waals surface area (Å²) in [5.41, 5.74) is 6.65. The van der Waals surface area contributed by atoms with Gasteiger partial charge in [-0.15, -0.1) is 0 Å². The fourth-order valence-electron chi connectivity index (χ4n) is 1.51. The minimum atomic E-state index is -0.620. The van der Waals surface area contributed by atoms with E-state index in [9.17, 15) is 9.59 Å². The molecule has 18 heavy (non-hydrogen) atoms. The molecule has 5 heteroatoms. The van der Waals surface area contributed by atoms with Crippen LogP contribution in [0, 0.1) is 0 Å². The molecular weight excluding hydrogens is 232 g/mol. The summed E-state index contributed by atoms with van der Waals surface area (Å²) < 4.78 is 0. The van der Waals surface area contributed by atoms with E-state index < -0.39 is 6.04 Å². The fourth-order valence-corrected chi connectivity index (χ4v) is 1.51. The van der Waals surface area contributed by atoms with Gasteiger partial charge in [0.1, 0.15) is 12.0 Å². The summed E-state index contributed by atoms with van der Waals surface area (Å²) in [4.78, 5) is 21.7. The van der Waals surface area contributed by atoms with Crippen LogP contribution in [-0.2, 0) is 16.0 Å². The van der Waals surface area contributed by atoms with Gasteiger partial charge in [0.05, 0.1) is 6.04 Å². The molecule has 98 valence electrons. The van der Waals surface area contributed by atoms with Crippen LogP contribution in [0.5, 0.6) is 5.75 Å². The Morgan fingerprint density at radius 2 is 2.06 bits per heavy atom. The summed E-state index contributed by atoms with van der Waals surface area (Å²) in [5, 5.41) is 11.8. The van der Waals surface area contributed by atoms with E-state index in [0.29, 0.717) is 25.8 Å². The number of nitrogens with one attached hydrogen (secondary N) is 1. The van der Waals surface area contributed by atoms with Crippen molar-refractivity contribution < 1.29 is 14.7 Å². The lowest BCUT2D eigenvalue weighted by molar-refractivity contribution is -0.122. The van der Waals surface area contributed by atoms with Crippen LogP contribution in [0.15, 0.2) is 24.3 Å². The van der Waals surface area contributed by atoms with Crippen molar-refractivity contribution in [2.45, 2.75) is 25.3 Å². The van der Waals surface area contributed by atoms with Crippen LogP contribution in [0.3, 0.4) is 0 Å². The highest BCUT2D eigenvalue weighted by Crippen LogP contribution is 2.10. The summed E-state index contributed by atoms with van der Waals surface area (Å²) in [6.07, 6.45) is 2.30. The Bertz CT molecular complexity index is 390. The zero-order valence-electron chi connectivity index (χ0n) is 10.1. The van der Waals surface area contributed by atoms with E-state index in [1.807, 2.05) is 0 Å². The topological polar surface area (TPSA) is 92.4 Å². The largest absolute Gasteiger partial charge is 0.508 e. The van der Waals surface area contributed by atoms with E-state index in [1.54, 1.807) is 24.3 Å². The van der Waals surface area contributed by atoms with Gasteiger partial charge in [0.2, 0.25) is 5.91 Å². The van der Waals surface area contributed by atoms with E-state index in [1.165, 1.54) is 0 Å². The average Bonchev–Trinajstić information content (AvgIpc) is 2.37. The average molecular weight is 250 g/mol. The van der Waals surface area contributed by atoms with Gasteiger partial charge in [0.15, 0.2) is 0 Å². The molecule has 0 heterocycles. The zero-order valence-corrected chi connectivity index (χ0v) is 10.1. The maximum absolute atomic E-state index is 11.6. The van der Waals surface area contributed by atoms with Crippen molar-refractivity contribution in [1.29, 1.82) is 0 Å². The van der Waals surface area contributed by atoms with Crippen molar-refractivity contribution in [2.75, 3.05) is 6.54 Å². The molecule has 0 fully saturated rings. The van der Waals surface area contributed by atoms with Gasteiger partial charge < -0.3 is 21.0 Å². The molecule has 0 saturated heterocycles. The van der Waals surface area contributed by atoms with Crippen LogP contribution >= 0.6 is 0 Å². The number of unbranched alkanes of at least 4 members (excludes halogenated alkanes) is 1. The molecule has 1 atom stereocenters. The quantitative estimate of drug-likeness (QED) is 0.481. The molecule has 0 aliphatic carbocycles. The number of phenolic OH excluding ortho intramolecular Hbond substituents is 1. The number of phenols is 1. The minimum Gasteiger partial charge on any atom is -0.508 e. The van der Waals surface area contributed by atoms with Crippen molar-refractivity contribution in [2.24, 2.45) is 5.73 Å². The molecule has 1 amide bonds. The lowest BCUT2D eigenvalue weighted by Crippen LogP contribution is -2.42. The minimum absolute atomic E-state index is 0.186. The van der Waals surface area contributed by atoms with Crippen LogP contribution in [0.4, 0.5) is 0 Å². The van der Waals surface area contributed by atoms with E-state index in [-0.39, 0.29) is 11.7 Å². The van der Waals surface area contributed by atoms with Crippen LogP contribution in [0.2, 0.25) is 0 Å². The number of hydrogen-bond acceptors (Lipinski definition) is 4. The summed E-state index contributed by atoms with van der Waals surface area (Å²) in [7, 11) is 0. The molecule has 1 rings (SSSR count). The maximum atomic E-state index is 11.6. The molecule has 0 saturated carbocycles. The van der Waals surface area contributed by atoms with E-state index in [0.717, 1.165) is 11.8 Å². The summed E-state index contributed by atoms with van der Waals surface area (Å²) in [5.74, 6) is -0.0420. The van der Waals surface area contributed by atoms with Crippen LogP contribution in [0.25, 0.3) is 0 Å². The predicted octanol–water partition coefficient (Wildman–Crippen LogP) is 0.357. The molecule has 0 radical (unpaired) electrons. The Morgan fingerprint density at radius 1 is 1.39 bits per heavy atom. The molecule has 0 aromatic heterocycles. The normalized spacial score (nSPS) is 11.8. The lowest BCUT2D eigenvalue weighted by Gasteiger charge is -2.12. The Morgan fingerprint density at radius 3 is 2.67 bits per heavy atom. The van der Waals surface area contributed by atoms with Gasteiger partial charge in [0.25, 0.3) is 0 Å². The molecule has 0 spiro atoms. The van der Waals surface area contributed by atoms with Crippen molar-refractivity contribution in [1.82, 2.24) is 5.32 Å². The number of benzene rings is 1. The fraction of sp³-hybridized carbons (Fsp3) is 0.385. The first-order valence-electron chi connectivity index (χ1n) is 5.88. The molecule has 0 aliphatic heterocycles. The van der Waals surface area contributed by atoms with Gasteiger partial charge in [-0.1, -0.05) is 12.1 Å². The van der Waals surface area contributed by atoms with Crippen molar-refractivity contribution in [3.63, 3.8) is 0 Å². The van der Waals surface area contributed by atoms with Gasteiger partial charge in [-0.25, -0.2) is 0 Å². The highest BCUT2D eigenvalue weighted by atomic mass is 16.3. The highest BCUT2D eigenvalue weighted by molar-refractivity contribution is 5.81. The Kier molecular flexibility index (Phi) is 5.87. The third-order valence-electron chi connectivity index (χ3n) is 2.53. The van der Waals surface area contributed by atoms with E-state index in [4.69, 9.17) is 10.8 Å².